The molecule has 0 spiro atoms. The van der Waals surface area contributed by atoms with Crippen LogP contribution in [0.15, 0.2) is 18.2 Å². The third-order valence-corrected chi connectivity index (χ3v) is 3.75. The highest BCUT2D eigenvalue weighted by molar-refractivity contribution is 5.78. The van der Waals surface area contributed by atoms with Gasteiger partial charge in [0.25, 0.3) is 0 Å². The van der Waals surface area contributed by atoms with E-state index in [0.717, 1.165) is 43.6 Å². The maximum Gasteiger partial charge on any atom is 0.234 e. The molecule has 0 aliphatic carbocycles. The minimum atomic E-state index is -0.208. The van der Waals surface area contributed by atoms with Gasteiger partial charge >= 0.3 is 0 Å². The molecule has 116 valence electrons. The first-order valence-electron chi connectivity index (χ1n) is 7.48. The van der Waals surface area contributed by atoms with Crippen molar-refractivity contribution in [1.82, 2.24) is 10.6 Å². The van der Waals surface area contributed by atoms with Gasteiger partial charge in [-0.25, -0.2) is 4.39 Å². The number of benzene rings is 1. The number of amides is 1. The van der Waals surface area contributed by atoms with Crippen LogP contribution in [0.25, 0.3) is 0 Å². The molecule has 1 saturated heterocycles. The van der Waals surface area contributed by atoms with Crippen molar-refractivity contribution in [1.29, 1.82) is 0 Å². The van der Waals surface area contributed by atoms with Gasteiger partial charge < -0.3 is 15.4 Å². The molecule has 21 heavy (non-hydrogen) atoms. The van der Waals surface area contributed by atoms with Crippen molar-refractivity contribution in [3.63, 3.8) is 0 Å². The summed E-state index contributed by atoms with van der Waals surface area (Å²) in [7, 11) is 0. The van der Waals surface area contributed by atoms with Gasteiger partial charge in [0.1, 0.15) is 5.82 Å². The fourth-order valence-corrected chi connectivity index (χ4v) is 2.49. The van der Waals surface area contributed by atoms with Crippen molar-refractivity contribution in [2.45, 2.75) is 32.2 Å². The Morgan fingerprint density at radius 3 is 2.86 bits per heavy atom. The van der Waals surface area contributed by atoms with Gasteiger partial charge in [-0.3, -0.25) is 4.79 Å². The number of carbonyl (C=O) groups excluding carboxylic acids is 1. The molecule has 0 atom stereocenters. The first kappa shape index (κ1) is 15.9. The molecule has 1 aliphatic heterocycles. The Hall–Kier alpha value is -1.46. The molecule has 2 rings (SSSR count). The molecule has 1 heterocycles. The predicted octanol–water partition coefficient (Wildman–Crippen LogP) is 1.56. The van der Waals surface area contributed by atoms with Gasteiger partial charge in [-0.15, -0.1) is 0 Å². The molecule has 1 fully saturated rings. The van der Waals surface area contributed by atoms with E-state index in [-0.39, 0.29) is 17.8 Å². The van der Waals surface area contributed by atoms with E-state index in [2.05, 4.69) is 10.6 Å². The van der Waals surface area contributed by atoms with E-state index in [1.165, 1.54) is 12.1 Å². The third-order valence-electron chi connectivity index (χ3n) is 3.75. The quantitative estimate of drug-likeness (QED) is 0.783. The number of nitrogens with one attached hydrogen (secondary N) is 2. The lowest BCUT2D eigenvalue weighted by Gasteiger charge is -2.23. The highest BCUT2D eigenvalue weighted by Gasteiger charge is 2.15. The van der Waals surface area contributed by atoms with Gasteiger partial charge in [-0.2, -0.15) is 0 Å². The Morgan fingerprint density at radius 1 is 1.38 bits per heavy atom. The molecule has 4 nitrogen and oxygen atoms in total. The molecule has 1 amide bonds. The summed E-state index contributed by atoms with van der Waals surface area (Å²) in [4.78, 5) is 11.8. The Bertz CT molecular complexity index is 473. The molecule has 2 N–H and O–H groups in total. The van der Waals surface area contributed by atoms with Gasteiger partial charge in [0.05, 0.1) is 6.54 Å². The first-order chi connectivity index (χ1) is 10.1. The monoisotopic (exact) mass is 294 g/mol. The number of rotatable bonds is 6. The Labute approximate surface area is 125 Å². The Balaban J connectivity index is 1.63. The molecule has 1 aromatic rings. The smallest absolute Gasteiger partial charge is 0.234 e. The van der Waals surface area contributed by atoms with Crippen LogP contribution >= 0.6 is 0 Å². The van der Waals surface area contributed by atoms with Crippen LogP contribution in [0.5, 0.6) is 0 Å². The number of aryl methyl sites for hydroxylation is 1. The predicted molar refractivity (Wildman–Crippen MR) is 79.7 cm³/mol. The summed E-state index contributed by atoms with van der Waals surface area (Å²) in [6.45, 7) is 4.37. The molecular weight excluding hydrogens is 271 g/mol. The van der Waals surface area contributed by atoms with Crippen molar-refractivity contribution in [3.05, 3.63) is 35.1 Å². The number of hydrogen-bond acceptors (Lipinski definition) is 3. The lowest BCUT2D eigenvalue weighted by molar-refractivity contribution is -0.121. The van der Waals surface area contributed by atoms with E-state index in [9.17, 15) is 9.18 Å². The van der Waals surface area contributed by atoms with Gasteiger partial charge in [0.2, 0.25) is 5.91 Å². The van der Waals surface area contributed by atoms with Gasteiger partial charge in [-0.1, -0.05) is 6.07 Å². The average molecular weight is 294 g/mol. The van der Waals surface area contributed by atoms with Crippen LogP contribution in [-0.2, 0) is 16.0 Å². The lowest BCUT2D eigenvalue weighted by atomic mass is 10.1. The van der Waals surface area contributed by atoms with E-state index in [1.54, 1.807) is 6.07 Å². The molecule has 0 unspecified atom stereocenters. The minimum Gasteiger partial charge on any atom is -0.381 e. The summed E-state index contributed by atoms with van der Waals surface area (Å²) in [5.41, 5.74) is 2.05. The summed E-state index contributed by atoms with van der Waals surface area (Å²) in [6, 6.07) is 5.05. The minimum absolute atomic E-state index is 0.0257. The number of halogens is 1. The van der Waals surface area contributed by atoms with Crippen molar-refractivity contribution < 1.29 is 13.9 Å². The van der Waals surface area contributed by atoms with Crippen molar-refractivity contribution in [3.8, 4) is 0 Å². The van der Waals surface area contributed by atoms with Crippen LogP contribution in [0.3, 0.4) is 0 Å². The molecule has 0 bridgehead atoms. The summed E-state index contributed by atoms with van der Waals surface area (Å²) < 4.78 is 18.2. The maximum absolute atomic E-state index is 13.0. The zero-order valence-electron chi connectivity index (χ0n) is 12.5. The summed E-state index contributed by atoms with van der Waals surface area (Å²) in [5, 5.41) is 6.13. The van der Waals surface area contributed by atoms with Crippen molar-refractivity contribution in [2.75, 3.05) is 26.3 Å². The Morgan fingerprint density at radius 2 is 2.14 bits per heavy atom. The second-order valence-corrected chi connectivity index (χ2v) is 5.45. The molecule has 0 saturated carbocycles. The first-order valence-corrected chi connectivity index (χ1v) is 7.48. The lowest BCUT2D eigenvalue weighted by Crippen LogP contribution is -2.43. The summed E-state index contributed by atoms with van der Waals surface area (Å²) >= 11 is 0. The molecular formula is C16H23FN2O2. The van der Waals surface area contributed by atoms with Gasteiger partial charge in [-0.05, 0) is 56.0 Å². The van der Waals surface area contributed by atoms with Crippen LogP contribution in [0.4, 0.5) is 4.39 Å². The second-order valence-electron chi connectivity index (χ2n) is 5.45. The number of hydrogen-bond donors (Lipinski definition) is 2. The van der Waals surface area contributed by atoms with E-state index in [4.69, 9.17) is 4.74 Å². The highest BCUT2D eigenvalue weighted by atomic mass is 19.1. The third kappa shape index (κ3) is 5.44. The summed E-state index contributed by atoms with van der Waals surface area (Å²) in [6.07, 6.45) is 2.57. The zero-order valence-corrected chi connectivity index (χ0v) is 12.5. The van der Waals surface area contributed by atoms with E-state index < -0.39 is 0 Å². The SMILES string of the molecule is Cc1cc(F)ccc1CCNCC(=O)NC1CCOCC1. The van der Waals surface area contributed by atoms with Crippen LogP contribution in [0.2, 0.25) is 0 Å². The zero-order chi connectivity index (χ0) is 15.1. The van der Waals surface area contributed by atoms with Crippen LogP contribution < -0.4 is 10.6 Å². The van der Waals surface area contributed by atoms with Crippen LogP contribution in [-0.4, -0.2) is 38.3 Å². The standard InChI is InChI=1S/C16H23FN2O2/c1-12-10-14(17)3-2-13(12)4-7-18-11-16(20)19-15-5-8-21-9-6-15/h2-3,10,15,18H,4-9,11H2,1H3,(H,19,20). The van der Waals surface area contributed by atoms with E-state index in [0.29, 0.717) is 13.1 Å². The van der Waals surface area contributed by atoms with Crippen molar-refractivity contribution >= 4 is 5.91 Å². The van der Waals surface area contributed by atoms with E-state index in [1.807, 2.05) is 6.92 Å². The molecule has 1 aliphatic rings. The van der Waals surface area contributed by atoms with E-state index >= 15 is 0 Å². The Kier molecular flexibility index (Phi) is 6.14. The highest BCUT2D eigenvalue weighted by Crippen LogP contribution is 2.10. The van der Waals surface area contributed by atoms with Gasteiger partial charge in [0, 0.05) is 19.3 Å². The maximum atomic E-state index is 13.0. The molecule has 5 heteroatoms. The fraction of sp³-hybridized carbons (Fsp3) is 0.562. The second kappa shape index (κ2) is 8.10. The summed E-state index contributed by atoms with van der Waals surface area (Å²) in [5.74, 6) is -0.183. The fourth-order valence-electron chi connectivity index (χ4n) is 2.49. The number of carbonyl (C=O) groups is 1. The largest absolute Gasteiger partial charge is 0.381 e. The van der Waals surface area contributed by atoms with Crippen molar-refractivity contribution in [2.24, 2.45) is 0 Å². The number of ether oxygens (including phenoxy) is 1. The molecule has 1 aromatic carbocycles. The normalized spacial score (nSPS) is 15.9. The van der Waals surface area contributed by atoms with Crippen LogP contribution in [0, 0.1) is 12.7 Å². The molecule has 0 radical (unpaired) electrons. The average Bonchev–Trinajstić information content (AvgIpc) is 2.46. The van der Waals surface area contributed by atoms with Crippen LogP contribution in [0.1, 0.15) is 24.0 Å². The topological polar surface area (TPSA) is 50.4 Å². The van der Waals surface area contributed by atoms with Gasteiger partial charge in [0.15, 0.2) is 0 Å². The molecule has 0 aromatic heterocycles.